The van der Waals surface area contributed by atoms with Gasteiger partial charge in [0.05, 0.1) is 35.7 Å². The first-order chi connectivity index (χ1) is 23.0. The number of imidazole rings is 2. The lowest BCUT2D eigenvalue weighted by molar-refractivity contribution is -0.0893. The molecular weight excluding hydrogens is 592 g/mol. The molecule has 1 aliphatic heterocycles. The Hall–Kier alpha value is -3.73. The number of nitrogens with one attached hydrogen (secondary N) is 1. The summed E-state index contributed by atoms with van der Waals surface area (Å²) in [4.78, 5) is 35.2. The van der Waals surface area contributed by atoms with E-state index in [1.165, 1.54) is 6.42 Å². The number of aromatic nitrogens is 4. The minimum Gasteiger partial charge on any atom is -0.385 e. The normalized spacial score (nSPS) is 24.2. The Bertz CT molecular complexity index is 1730. The second kappa shape index (κ2) is 13.8. The van der Waals surface area contributed by atoms with Crippen molar-refractivity contribution in [1.29, 1.82) is 0 Å². The smallest absolute Gasteiger partial charge is 0.329 e. The van der Waals surface area contributed by atoms with E-state index in [2.05, 4.69) is 11.4 Å². The quantitative estimate of drug-likeness (QED) is 0.262. The van der Waals surface area contributed by atoms with E-state index in [0.717, 1.165) is 67.2 Å². The van der Waals surface area contributed by atoms with Crippen molar-refractivity contribution >= 4 is 16.9 Å². The monoisotopic (exact) mass is 640 g/mol. The zero-order chi connectivity index (χ0) is 32.4. The van der Waals surface area contributed by atoms with Crippen molar-refractivity contribution in [3.05, 3.63) is 77.1 Å². The molecule has 3 heterocycles. The van der Waals surface area contributed by atoms with Gasteiger partial charge in [0.25, 0.3) is 5.91 Å². The molecule has 3 fully saturated rings. The summed E-state index contributed by atoms with van der Waals surface area (Å²) >= 11 is 0. The van der Waals surface area contributed by atoms with Crippen LogP contribution in [0.3, 0.4) is 0 Å². The van der Waals surface area contributed by atoms with Crippen molar-refractivity contribution in [2.75, 3.05) is 33.4 Å². The lowest BCUT2D eigenvalue weighted by atomic mass is 9.80. The molecule has 10 heteroatoms. The molecule has 3 aliphatic rings. The van der Waals surface area contributed by atoms with E-state index in [1.807, 2.05) is 67.1 Å². The molecule has 4 aromatic rings. The number of aryl methyl sites for hydroxylation is 1. The predicted molar refractivity (Wildman–Crippen MR) is 183 cm³/mol. The van der Waals surface area contributed by atoms with Crippen LogP contribution in [0.4, 0.5) is 0 Å². The maximum atomic E-state index is 14.6. The number of piperazine rings is 1. The third-order valence-corrected chi connectivity index (χ3v) is 10.8. The number of carbonyl (C=O) groups is 1. The summed E-state index contributed by atoms with van der Waals surface area (Å²) in [5.41, 5.74) is 3.02. The van der Waals surface area contributed by atoms with Gasteiger partial charge in [0, 0.05) is 50.9 Å². The highest BCUT2D eigenvalue weighted by atomic mass is 16.5. The number of fused-ring (bicyclic) bond motifs is 1. The van der Waals surface area contributed by atoms with Gasteiger partial charge in [-0.2, -0.15) is 0 Å². The number of para-hydroxylation sites is 2. The van der Waals surface area contributed by atoms with Crippen molar-refractivity contribution in [1.82, 2.24) is 28.9 Å². The van der Waals surface area contributed by atoms with Gasteiger partial charge in [-0.3, -0.25) is 13.9 Å². The van der Waals surface area contributed by atoms with Gasteiger partial charge < -0.3 is 24.6 Å². The van der Waals surface area contributed by atoms with Crippen LogP contribution in [0.2, 0.25) is 0 Å². The second-order valence-corrected chi connectivity index (χ2v) is 13.7. The Balaban J connectivity index is 1.19. The number of amides is 1. The zero-order valence-electron chi connectivity index (χ0n) is 27.5. The number of hydrogen-bond donors (Lipinski definition) is 2. The summed E-state index contributed by atoms with van der Waals surface area (Å²) in [6, 6.07) is 17.9. The Morgan fingerprint density at radius 1 is 1.00 bits per heavy atom. The van der Waals surface area contributed by atoms with Crippen LogP contribution in [0, 0.1) is 0 Å². The van der Waals surface area contributed by atoms with Crippen molar-refractivity contribution in [2.45, 2.75) is 94.5 Å². The average molecular weight is 641 g/mol. The molecule has 2 aliphatic carbocycles. The highest BCUT2D eigenvalue weighted by Gasteiger charge is 2.42. The topological polar surface area (TPSA) is 107 Å². The molecule has 1 amide bonds. The number of methoxy groups -OCH3 is 1. The number of nitrogens with zero attached hydrogens (tertiary/aromatic N) is 5. The highest BCUT2D eigenvalue weighted by Crippen LogP contribution is 2.41. The Morgan fingerprint density at radius 3 is 2.53 bits per heavy atom. The van der Waals surface area contributed by atoms with Crippen LogP contribution in [0.25, 0.3) is 22.3 Å². The SMILES string of the molecule is COC[C@]1(O)CCCC[C@H]1n1cnc(C(=O)N2CCNC[C@H]2CCn2c(=O)n(C3CCCCC3)c3ccccc32)c1-c1ccccc1. The average Bonchev–Trinajstić information content (AvgIpc) is 3.66. The van der Waals surface area contributed by atoms with Crippen molar-refractivity contribution in [3.63, 3.8) is 0 Å². The van der Waals surface area contributed by atoms with E-state index in [-0.39, 0.29) is 36.3 Å². The lowest BCUT2D eigenvalue weighted by Gasteiger charge is -2.41. The summed E-state index contributed by atoms with van der Waals surface area (Å²) in [5.74, 6) is -0.114. The van der Waals surface area contributed by atoms with Crippen LogP contribution >= 0.6 is 0 Å². The van der Waals surface area contributed by atoms with Gasteiger partial charge in [0.15, 0.2) is 5.69 Å². The fourth-order valence-electron chi connectivity index (χ4n) is 8.50. The van der Waals surface area contributed by atoms with E-state index in [9.17, 15) is 14.7 Å². The highest BCUT2D eigenvalue weighted by molar-refractivity contribution is 5.98. The number of carbonyl (C=O) groups excluding carboxylic acids is 1. The maximum absolute atomic E-state index is 14.6. The van der Waals surface area contributed by atoms with Gasteiger partial charge >= 0.3 is 5.69 Å². The molecule has 2 aromatic heterocycles. The van der Waals surface area contributed by atoms with Crippen molar-refractivity contribution in [3.8, 4) is 11.3 Å². The maximum Gasteiger partial charge on any atom is 0.329 e. The molecule has 2 aromatic carbocycles. The molecule has 47 heavy (non-hydrogen) atoms. The van der Waals surface area contributed by atoms with E-state index in [4.69, 9.17) is 9.72 Å². The molecule has 7 rings (SSSR count). The molecular formula is C37H48N6O4. The Labute approximate surface area is 276 Å². The molecule has 0 unspecified atom stereocenters. The second-order valence-electron chi connectivity index (χ2n) is 13.7. The molecule has 2 saturated carbocycles. The van der Waals surface area contributed by atoms with Crippen molar-refractivity contribution in [2.24, 2.45) is 0 Å². The Morgan fingerprint density at radius 2 is 1.74 bits per heavy atom. The standard InChI is InChI=1S/C37H48N6O4/c1-47-25-37(46)20-11-10-18-32(37)42-26-39-33(34(42)27-12-4-2-5-13-27)35(44)40-23-21-38-24-29(40)19-22-41-30-16-8-9-17-31(30)43(36(41)45)28-14-6-3-7-15-28/h2,4-5,8-9,12-13,16-17,26,28-29,32,38,46H,3,6-7,10-11,14-15,18-25H2,1H3/t29-,32-,37-/m1/s1. The van der Waals surface area contributed by atoms with Crippen LogP contribution in [0.5, 0.6) is 0 Å². The first-order valence-electron chi connectivity index (χ1n) is 17.5. The molecule has 1 saturated heterocycles. The van der Waals surface area contributed by atoms with Crippen LogP contribution in [-0.4, -0.2) is 79.6 Å². The van der Waals surface area contributed by atoms with Crippen LogP contribution in [0.15, 0.2) is 65.7 Å². The number of benzene rings is 2. The molecule has 0 radical (unpaired) electrons. The lowest BCUT2D eigenvalue weighted by Crippen LogP contribution is -2.54. The minimum absolute atomic E-state index is 0.0564. The van der Waals surface area contributed by atoms with E-state index in [1.54, 1.807) is 13.4 Å². The fraction of sp³-hybridized carbons (Fsp3) is 0.541. The third-order valence-electron chi connectivity index (χ3n) is 10.8. The van der Waals surface area contributed by atoms with Crippen molar-refractivity contribution < 1.29 is 14.6 Å². The van der Waals surface area contributed by atoms with Crippen LogP contribution in [0.1, 0.15) is 86.8 Å². The van der Waals surface area contributed by atoms with Gasteiger partial charge in [0.1, 0.15) is 5.60 Å². The van der Waals surface area contributed by atoms with Crippen LogP contribution in [-0.2, 0) is 11.3 Å². The van der Waals surface area contributed by atoms with Gasteiger partial charge in [-0.1, -0.05) is 74.6 Å². The molecule has 10 nitrogen and oxygen atoms in total. The van der Waals surface area contributed by atoms with Gasteiger partial charge in [-0.25, -0.2) is 9.78 Å². The largest absolute Gasteiger partial charge is 0.385 e. The molecule has 0 spiro atoms. The first-order valence-corrected chi connectivity index (χ1v) is 17.5. The minimum atomic E-state index is -1.04. The molecule has 250 valence electrons. The molecule has 3 atom stereocenters. The predicted octanol–water partition coefficient (Wildman–Crippen LogP) is 5.17. The summed E-state index contributed by atoms with van der Waals surface area (Å²) < 4.78 is 11.5. The number of rotatable bonds is 9. The van der Waals surface area contributed by atoms with E-state index < -0.39 is 5.60 Å². The van der Waals surface area contributed by atoms with Gasteiger partial charge in [-0.15, -0.1) is 0 Å². The summed E-state index contributed by atoms with van der Waals surface area (Å²) in [6.07, 6.45) is 11.4. The van der Waals surface area contributed by atoms with Gasteiger partial charge in [0.2, 0.25) is 0 Å². The van der Waals surface area contributed by atoms with E-state index >= 15 is 0 Å². The molecule has 2 N–H and O–H groups in total. The molecule has 0 bridgehead atoms. The van der Waals surface area contributed by atoms with Crippen LogP contribution < -0.4 is 11.0 Å². The number of ether oxygens (including phenoxy) is 1. The zero-order valence-corrected chi connectivity index (χ0v) is 27.5. The van der Waals surface area contributed by atoms with Gasteiger partial charge in [-0.05, 0) is 44.2 Å². The summed E-state index contributed by atoms with van der Waals surface area (Å²) in [5, 5.41) is 15.2. The summed E-state index contributed by atoms with van der Waals surface area (Å²) in [7, 11) is 1.62. The summed E-state index contributed by atoms with van der Waals surface area (Å²) in [6.45, 7) is 2.66. The Kier molecular flexibility index (Phi) is 9.34. The number of aliphatic hydroxyl groups is 1. The first kappa shape index (κ1) is 31.8. The number of hydrogen-bond acceptors (Lipinski definition) is 6. The fourth-order valence-corrected chi connectivity index (χ4v) is 8.50. The third kappa shape index (κ3) is 6.07. The van der Waals surface area contributed by atoms with E-state index in [0.29, 0.717) is 44.7 Å².